The lowest BCUT2D eigenvalue weighted by Crippen LogP contribution is -2.11. The van der Waals surface area contributed by atoms with Crippen LogP contribution in [0.5, 0.6) is 0 Å². The second-order valence-corrected chi connectivity index (χ2v) is 1.51. The highest BCUT2D eigenvalue weighted by Gasteiger charge is 2.02. The van der Waals surface area contributed by atoms with Crippen molar-refractivity contribution in [2.24, 2.45) is 0 Å². The molecule has 0 aliphatic carbocycles. The minimum Gasteiger partial charge on any atom is -0.438 e. The van der Waals surface area contributed by atoms with Crippen molar-refractivity contribution in [2.75, 3.05) is 7.11 Å². The Kier molecular flexibility index (Phi) is 3.51. The number of carbonyl (C=O) groups excluding carboxylic acids is 1. The molecule has 0 aromatic heterocycles. The van der Waals surface area contributed by atoms with Crippen molar-refractivity contribution in [3.63, 3.8) is 0 Å². The first-order chi connectivity index (χ1) is 4.20. The zero-order valence-electron chi connectivity index (χ0n) is 5.59. The van der Waals surface area contributed by atoms with E-state index in [4.69, 9.17) is 0 Å². The third-order valence-corrected chi connectivity index (χ3v) is 0.781. The number of methoxy groups -OCH3 is 1. The molecule has 0 radical (unpaired) electrons. The molecule has 0 aliphatic rings. The molecule has 52 valence electrons. The van der Waals surface area contributed by atoms with Crippen molar-refractivity contribution in [2.45, 2.75) is 13.0 Å². The molecule has 1 unspecified atom stereocenters. The first kappa shape index (κ1) is 8.01. The van der Waals surface area contributed by atoms with Crippen LogP contribution in [0.1, 0.15) is 6.92 Å². The van der Waals surface area contributed by atoms with Crippen LogP contribution in [0.4, 0.5) is 4.79 Å². The Morgan fingerprint density at radius 2 is 2.33 bits per heavy atom. The van der Waals surface area contributed by atoms with Crippen LogP contribution in [0.25, 0.3) is 0 Å². The minimum absolute atomic E-state index is 0.280. The predicted molar refractivity (Wildman–Crippen MR) is 33.1 cm³/mol. The monoisotopic (exact) mass is 130 g/mol. The molecule has 9 heavy (non-hydrogen) atoms. The molecule has 1 atom stereocenters. The Morgan fingerprint density at radius 1 is 1.78 bits per heavy atom. The summed E-state index contributed by atoms with van der Waals surface area (Å²) in [5.74, 6) is 0. The van der Waals surface area contributed by atoms with Gasteiger partial charge in [-0.15, -0.1) is 0 Å². The minimum atomic E-state index is -0.678. The molecular formula is C6H10O3. The normalized spacial score (nSPS) is 11.8. The molecule has 0 rings (SSSR count). The maximum absolute atomic E-state index is 10.3. The molecule has 0 aromatic rings. The number of ether oxygens (including phenoxy) is 2. The van der Waals surface area contributed by atoms with E-state index >= 15 is 0 Å². The van der Waals surface area contributed by atoms with Crippen LogP contribution in [0.15, 0.2) is 12.7 Å². The van der Waals surface area contributed by atoms with E-state index in [1.54, 1.807) is 6.92 Å². The fraction of sp³-hybridized carbons (Fsp3) is 0.500. The standard InChI is InChI=1S/C6H10O3/c1-4-5(2)9-6(7)8-3/h4-5H,1H2,2-3H3. The van der Waals surface area contributed by atoms with Crippen molar-refractivity contribution >= 4 is 6.16 Å². The van der Waals surface area contributed by atoms with Gasteiger partial charge in [-0.25, -0.2) is 4.79 Å². The van der Waals surface area contributed by atoms with Gasteiger partial charge in [0.15, 0.2) is 0 Å². The van der Waals surface area contributed by atoms with Gasteiger partial charge < -0.3 is 9.47 Å². The molecule has 0 amide bonds. The van der Waals surface area contributed by atoms with Crippen molar-refractivity contribution < 1.29 is 14.3 Å². The topological polar surface area (TPSA) is 35.5 Å². The molecule has 3 heteroatoms. The van der Waals surface area contributed by atoms with E-state index in [-0.39, 0.29) is 6.10 Å². The second-order valence-electron chi connectivity index (χ2n) is 1.51. The molecule has 0 saturated carbocycles. The van der Waals surface area contributed by atoms with Gasteiger partial charge in [0.2, 0.25) is 0 Å². The van der Waals surface area contributed by atoms with Crippen LogP contribution in [0.3, 0.4) is 0 Å². The smallest absolute Gasteiger partial charge is 0.438 e. The zero-order chi connectivity index (χ0) is 7.28. The van der Waals surface area contributed by atoms with Gasteiger partial charge in [-0.1, -0.05) is 12.7 Å². The molecule has 0 fully saturated rings. The molecular weight excluding hydrogens is 120 g/mol. The van der Waals surface area contributed by atoms with E-state index < -0.39 is 6.16 Å². The lowest BCUT2D eigenvalue weighted by Gasteiger charge is -2.05. The van der Waals surface area contributed by atoms with Gasteiger partial charge in [0.1, 0.15) is 6.10 Å². The summed E-state index contributed by atoms with van der Waals surface area (Å²) < 4.78 is 8.78. The molecule has 0 heterocycles. The van der Waals surface area contributed by atoms with Crippen molar-refractivity contribution in [1.29, 1.82) is 0 Å². The summed E-state index contributed by atoms with van der Waals surface area (Å²) in [6.45, 7) is 5.11. The van der Waals surface area contributed by atoms with Crippen LogP contribution in [0, 0.1) is 0 Å². The van der Waals surface area contributed by atoms with E-state index in [9.17, 15) is 4.79 Å². The highest BCUT2D eigenvalue weighted by atomic mass is 16.7. The first-order valence-electron chi connectivity index (χ1n) is 2.58. The summed E-state index contributed by atoms with van der Waals surface area (Å²) in [5, 5.41) is 0. The van der Waals surface area contributed by atoms with Gasteiger partial charge in [-0.05, 0) is 6.92 Å². The average molecular weight is 130 g/mol. The average Bonchev–Trinajstić information content (AvgIpc) is 1.87. The fourth-order valence-electron chi connectivity index (χ4n) is 0.248. The third-order valence-electron chi connectivity index (χ3n) is 0.781. The zero-order valence-corrected chi connectivity index (χ0v) is 5.59. The summed E-state index contributed by atoms with van der Waals surface area (Å²) in [6.07, 6.45) is 0.552. The lowest BCUT2D eigenvalue weighted by atomic mass is 10.4. The maximum atomic E-state index is 10.3. The van der Waals surface area contributed by atoms with Gasteiger partial charge in [-0.2, -0.15) is 0 Å². The van der Waals surface area contributed by atoms with Crippen LogP contribution in [-0.2, 0) is 9.47 Å². The lowest BCUT2D eigenvalue weighted by molar-refractivity contribution is 0.0579. The maximum Gasteiger partial charge on any atom is 0.508 e. The molecule has 0 N–H and O–H groups in total. The quantitative estimate of drug-likeness (QED) is 0.418. The Bertz CT molecular complexity index is 109. The molecule has 0 aliphatic heterocycles. The fourth-order valence-corrected chi connectivity index (χ4v) is 0.248. The molecule has 3 nitrogen and oxygen atoms in total. The Hall–Kier alpha value is -0.990. The third kappa shape index (κ3) is 3.58. The molecule has 0 saturated heterocycles. The Morgan fingerprint density at radius 3 is 2.67 bits per heavy atom. The molecule has 0 spiro atoms. The first-order valence-corrected chi connectivity index (χ1v) is 2.58. The van der Waals surface area contributed by atoms with E-state index in [0.717, 1.165) is 0 Å². The van der Waals surface area contributed by atoms with Crippen LogP contribution >= 0.6 is 0 Å². The van der Waals surface area contributed by atoms with Crippen LogP contribution in [0.2, 0.25) is 0 Å². The summed E-state index contributed by atoms with van der Waals surface area (Å²) >= 11 is 0. The summed E-state index contributed by atoms with van der Waals surface area (Å²) in [4.78, 5) is 10.3. The van der Waals surface area contributed by atoms with Gasteiger partial charge in [-0.3, -0.25) is 0 Å². The SMILES string of the molecule is C=CC(C)OC(=O)OC. The van der Waals surface area contributed by atoms with E-state index in [1.807, 2.05) is 0 Å². The summed E-state index contributed by atoms with van der Waals surface area (Å²) in [5.41, 5.74) is 0. The molecule has 0 aromatic carbocycles. The van der Waals surface area contributed by atoms with Crippen molar-refractivity contribution in [3.05, 3.63) is 12.7 Å². The van der Waals surface area contributed by atoms with Crippen molar-refractivity contribution in [3.8, 4) is 0 Å². The number of carbonyl (C=O) groups is 1. The van der Waals surface area contributed by atoms with E-state index in [0.29, 0.717) is 0 Å². The van der Waals surface area contributed by atoms with Gasteiger partial charge >= 0.3 is 6.16 Å². The van der Waals surface area contributed by atoms with Gasteiger partial charge in [0.05, 0.1) is 7.11 Å². The van der Waals surface area contributed by atoms with E-state index in [1.165, 1.54) is 13.2 Å². The predicted octanol–water partition coefficient (Wildman–Crippen LogP) is 1.34. The molecule has 0 bridgehead atoms. The number of hydrogen-bond donors (Lipinski definition) is 0. The highest BCUT2D eigenvalue weighted by Crippen LogP contribution is 1.92. The summed E-state index contributed by atoms with van der Waals surface area (Å²) in [6, 6.07) is 0. The summed E-state index contributed by atoms with van der Waals surface area (Å²) in [7, 11) is 1.26. The highest BCUT2D eigenvalue weighted by molar-refractivity contribution is 5.59. The van der Waals surface area contributed by atoms with Crippen LogP contribution < -0.4 is 0 Å². The second kappa shape index (κ2) is 3.95. The van der Waals surface area contributed by atoms with E-state index in [2.05, 4.69) is 16.1 Å². The van der Waals surface area contributed by atoms with Gasteiger partial charge in [0.25, 0.3) is 0 Å². The number of rotatable bonds is 2. The van der Waals surface area contributed by atoms with Crippen molar-refractivity contribution in [1.82, 2.24) is 0 Å². The van der Waals surface area contributed by atoms with Gasteiger partial charge in [0, 0.05) is 0 Å². The number of hydrogen-bond acceptors (Lipinski definition) is 3. The Balaban J connectivity index is 3.46. The largest absolute Gasteiger partial charge is 0.508 e. The van der Waals surface area contributed by atoms with Crippen LogP contribution in [-0.4, -0.2) is 19.4 Å². The Labute approximate surface area is 54.3 Å².